The van der Waals surface area contributed by atoms with Crippen LogP contribution in [0.2, 0.25) is 0 Å². The molecule has 5 nitrogen and oxygen atoms in total. The number of nitrogens with one attached hydrogen (secondary N) is 2. The van der Waals surface area contributed by atoms with Crippen molar-refractivity contribution < 1.29 is 18.0 Å². The summed E-state index contributed by atoms with van der Waals surface area (Å²) in [4.78, 5) is 11.6. The molecule has 0 atom stereocenters. The predicted molar refractivity (Wildman–Crippen MR) is 69.3 cm³/mol. The maximum atomic E-state index is 12.3. The molecule has 0 aliphatic rings. The first-order valence-electron chi connectivity index (χ1n) is 5.95. The highest BCUT2D eigenvalue weighted by atomic mass is 19.4. The van der Waals surface area contributed by atoms with Crippen LogP contribution in [0.4, 0.5) is 23.8 Å². The molecular weight excluding hydrogens is 285 g/mol. The van der Waals surface area contributed by atoms with Crippen LogP contribution in [0, 0.1) is 0 Å². The van der Waals surface area contributed by atoms with E-state index in [1.165, 1.54) is 0 Å². The average molecular weight is 296 g/mol. The molecule has 1 aromatic heterocycles. The molecule has 2 amide bonds. The van der Waals surface area contributed by atoms with Crippen LogP contribution in [0.25, 0.3) is 0 Å². The molecule has 1 heterocycles. The van der Waals surface area contributed by atoms with Gasteiger partial charge in [0.15, 0.2) is 11.5 Å². The van der Waals surface area contributed by atoms with E-state index in [4.69, 9.17) is 0 Å². The minimum absolute atomic E-state index is 0.0615. The van der Waals surface area contributed by atoms with Crippen LogP contribution in [-0.4, -0.2) is 16.2 Å². The molecule has 0 bridgehead atoms. The van der Waals surface area contributed by atoms with Crippen molar-refractivity contribution >= 4 is 11.8 Å². The fraction of sp³-hybridized carbons (Fsp3) is 0.154. The van der Waals surface area contributed by atoms with Crippen LogP contribution in [0.3, 0.4) is 0 Å². The molecule has 21 heavy (non-hydrogen) atoms. The molecule has 0 saturated heterocycles. The first kappa shape index (κ1) is 14.8. The molecule has 0 unspecified atom stereocenters. The number of urea groups is 1. The fourth-order valence-corrected chi connectivity index (χ4v) is 1.49. The van der Waals surface area contributed by atoms with E-state index in [0.29, 0.717) is 6.54 Å². The van der Waals surface area contributed by atoms with E-state index in [1.807, 2.05) is 30.3 Å². The monoisotopic (exact) mass is 296 g/mol. The van der Waals surface area contributed by atoms with Crippen LogP contribution in [0.5, 0.6) is 0 Å². The molecule has 0 aliphatic carbocycles. The van der Waals surface area contributed by atoms with Crippen LogP contribution >= 0.6 is 0 Å². The van der Waals surface area contributed by atoms with E-state index < -0.39 is 17.9 Å². The van der Waals surface area contributed by atoms with Gasteiger partial charge >= 0.3 is 12.2 Å². The Morgan fingerprint density at radius 3 is 2.33 bits per heavy atom. The fourth-order valence-electron chi connectivity index (χ4n) is 1.49. The van der Waals surface area contributed by atoms with E-state index in [2.05, 4.69) is 20.8 Å². The summed E-state index contributed by atoms with van der Waals surface area (Å²) in [6.07, 6.45) is -4.55. The highest BCUT2D eigenvalue weighted by molar-refractivity contribution is 5.87. The Hall–Kier alpha value is -2.64. The molecule has 0 radical (unpaired) electrons. The lowest BCUT2D eigenvalue weighted by atomic mass is 10.2. The molecule has 1 aromatic carbocycles. The number of benzene rings is 1. The molecular formula is C13H11F3N4O. The lowest BCUT2D eigenvalue weighted by molar-refractivity contribution is -0.141. The number of aromatic nitrogens is 2. The topological polar surface area (TPSA) is 66.9 Å². The van der Waals surface area contributed by atoms with Crippen molar-refractivity contribution in [2.45, 2.75) is 12.7 Å². The third-order valence-corrected chi connectivity index (χ3v) is 2.49. The largest absolute Gasteiger partial charge is 0.435 e. The Kier molecular flexibility index (Phi) is 4.36. The number of amides is 2. The highest BCUT2D eigenvalue weighted by Crippen LogP contribution is 2.26. The van der Waals surface area contributed by atoms with Crippen LogP contribution < -0.4 is 10.6 Å². The van der Waals surface area contributed by atoms with Gasteiger partial charge in [-0.15, -0.1) is 10.2 Å². The SMILES string of the molecule is O=C(NCc1ccccc1)Nc1ccc(C(F)(F)F)nn1. The van der Waals surface area contributed by atoms with Gasteiger partial charge in [0.25, 0.3) is 0 Å². The Balaban J connectivity index is 1.88. The Labute approximate surface area is 118 Å². The smallest absolute Gasteiger partial charge is 0.334 e. The summed E-state index contributed by atoms with van der Waals surface area (Å²) in [5.74, 6) is -0.0615. The first-order valence-corrected chi connectivity index (χ1v) is 5.95. The van der Waals surface area contributed by atoms with Crippen LogP contribution in [0.15, 0.2) is 42.5 Å². The van der Waals surface area contributed by atoms with Crippen molar-refractivity contribution in [3.05, 3.63) is 53.7 Å². The van der Waals surface area contributed by atoms with Gasteiger partial charge in [-0.1, -0.05) is 30.3 Å². The number of hydrogen-bond acceptors (Lipinski definition) is 3. The molecule has 0 fully saturated rings. The van der Waals surface area contributed by atoms with E-state index in [1.54, 1.807) is 0 Å². The lowest BCUT2D eigenvalue weighted by Gasteiger charge is -2.08. The minimum atomic E-state index is -4.55. The molecule has 0 saturated carbocycles. The van der Waals surface area contributed by atoms with Gasteiger partial charge in [0.2, 0.25) is 0 Å². The Bertz CT molecular complexity index is 599. The predicted octanol–water partition coefficient (Wildman–Crippen LogP) is 2.82. The summed E-state index contributed by atoms with van der Waals surface area (Å²) in [6, 6.07) is 10.4. The third kappa shape index (κ3) is 4.44. The molecule has 2 N–H and O–H groups in total. The summed E-state index contributed by atoms with van der Waals surface area (Å²) in [5.41, 5.74) is -0.219. The molecule has 110 valence electrons. The zero-order valence-corrected chi connectivity index (χ0v) is 10.7. The lowest BCUT2D eigenvalue weighted by Crippen LogP contribution is -2.28. The summed E-state index contributed by atoms with van der Waals surface area (Å²) in [6.45, 7) is 0.292. The van der Waals surface area contributed by atoms with E-state index in [9.17, 15) is 18.0 Å². The normalized spacial score (nSPS) is 11.0. The number of halogens is 3. The Morgan fingerprint density at radius 2 is 1.76 bits per heavy atom. The van der Waals surface area contributed by atoms with Crippen molar-refractivity contribution in [1.82, 2.24) is 15.5 Å². The summed E-state index contributed by atoms with van der Waals surface area (Å²) in [5, 5.41) is 11.2. The van der Waals surface area contributed by atoms with E-state index >= 15 is 0 Å². The zero-order valence-electron chi connectivity index (χ0n) is 10.7. The second-order valence-corrected chi connectivity index (χ2v) is 4.09. The molecule has 0 spiro atoms. The van der Waals surface area contributed by atoms with Gasteiger partial charge in [-0.2, -0.15) is 13.2 Å². The molecule has 2 rings (SSSR count). The summed E-state index contributed by atoms with van der Waals surface area (Å²) < 4.78 is 36.9. The van der Waals surface area contributed by atoms with Gasteiger partial charge < -0.3 is 5.32 Å². The van der Waals surface area contributed by atoms with Gasteiger partial charge in [0, 0.05) is 6.54 Å². The van der Waals surface area contributed by atoms with Crippen molar-refractivity contribution in [3.8, 4) is 0 Å². The van der Waals surface area contributed by atoms with Gasteiger partial charge in [-0.3, -0.25) is 5.32 Å². The van der Waals surface area contributed by atoms with Gasteiger partial charge in [0.1, 0.15) is 0 Å². The third-order valence-electron chi connectivity index (χ3n) is 2.49. The average Bonchev–Trinajstić information content (AvgIpc) is 2.46. The van der Waals surface area contributed by atoms with Crippen molar-refractivity contribution in [2.75, 3.05) is 5.32 Å². The molecule has 0 aliphatic heterocycles. The van der Waals surface area contributed by atoms with Crippen molar-refractivity contribution in [3.63, 3.8) is 0 Å². The van der Waals surface area contributed by atoms with Crippen LogP contribution in [-0.2, 0) is 12.7 Å². The van der Waals surface area contributed by atoms with Crippen LogP contribution in [0.1, 0.15) is 11.3 Å². The summed E-state index contributed by atoms with van der Waals surface area (Å²) in [7, 11) is 0. The minimum Gasteiger partial charge on any atom is -0.334 e. The maximum absolute atomic E-state index is 12.3. The second kappa shape index (κ2) is 6.21. The first-order chi connectivity index (χ1) is 9.95. The van der Waals surface area contributed by atoms with Crippen molar-refractivity contribution in [2.24, 2.45) is 0 Å². The second-order valence-electron chi connectivity index (χ2n) is 4.09. The van der Waals surface area contributed by atoms with Crippen molar-refractivity contribution in [1.29, 1.82) is 0 Å². The van der Waals surface area contributed by atoms with Gasteiger partial charge in [0.05, 0.1) is 0 Å². The zero-order chi connectivity index (χ0) is 15.3. The number of carbonyl (C=O) groups excluding carboxylic acids is 1. The number of anilines is 1. The Morgan fingerprint density at radius 1 is 1.05 bits per heavy atom. The number of rotatable bonds is 3. The van der Waals surface area contributed by atoms with Gasteiger partial charge in [-0.25, -0.2) is 4.79 Å². The van der Waals surface area contributed by atoms with Gasteiger partial charge in [-0.05, 0) is 17.7 Å². The molecule has 2 aromatic rings. The number of nitrogens with zero attached hydrogens (tertiary/aromatic N) is 2. The molecule has 8 heteroatoms. The number of alkyl halides is 3. The van der Waals surface area contributed by atoms with E-state index in [0.717, 1.165) is 17.7 Å². The maximum Gasteiger partial charge on any atom is 0.435 e. The number of carbonyl (C=O) groups is 1. The standard InChI is InChI=1S/C13H11F3N4O/c14-13(15,16)10-6-7-11(20-19-10)18-12(21)17-8-9-4-2-1-3-5-9/h1-7H,8H2,(H2,17,18,20,21). The van der Waals surface area contributed by atoms with E-state index in [-0.39, 0.29) is 5.82 Å². The summed E-state index contributed by atoms with van der Waals surface area (Å²) >= 11 is 0. The number of hydrogen-bond donors (Lipinski definition) is 2. The quantitative estimate of drug-likeness (QED) is 0.915. The highest BCUT2D eigenvalue weighted by Gasteiger charge is 2.32.